The van der Waals surface area contributed by atoms with Gasteiger partial charge in [-0.25, -0.2) is 4.39 Å². The van der Waals surface area contributed by atoms with E-state index in [1.807, 2.05) is 25.1 Å². The zero-order chi connectivity index (χ0) is 23.4. The number of hydrogen-bond acceptors (Lipinski definition) is 1. The van der Waals surface area contributed by atoms with Gasteiger partial charge in [0.25, 0.3) is 0 Å². The molecular weight excluding hydrogens is 421 g/mol. The van der Waals surface area contributed by atoms with Crippen molar-refractivity contribution in [3.05, 3.63) is 77.1 Å². The lowest BCUT2D eigenvalue weighted by Gasteiger charge is -2.29. The summed E-state index contributed by atoms with van der Waals surface area (Å²) in [4.78, 5) is 0. The second-order valence-corrected chi connectivity index (χ2v) is 8.91. The molecule has 0 atom stereocenters. The highest BCUT2D eigenvalue weighted by molar-refractivity contribution is 5.80. The number of ether oxygens (including phenoxy) is 1. The van der Waals surface area contributed by atoms with Gasteiger partial charge < -0.3 is 4.74 Å². The second-order valence-electron chi connectivity index (χ2n) is 8.91. The van der Waals surface area contributed by atoms with Crippen LogP contribution in [0.2, 0.25) is 0 Å². The van der Waals surface area contributed by atoms with Gasteiger partial charge in [0.1, 0.15) is 0 Å². The molecule has 0 bridgehead atoms. The molecule has 0 saturated heterocycles. The summed E-state index contributed by atoms with van der Waals surface area (Å²) in [6, 6.07) is 16.4. The van der Waals surface area contributed by atoms with Gasteiger partial charge >= 0.3 is 6.11 Å². The number of aryl methyl sites for hydroxylation is 2. The van der Waals surface area contributed by atoms with E-state index in [9.17, 15) is 13.2 Å². The average Bonchev–Trinajstić information content (AvgIpc) is 2.81. The van der Waals surface area contributed by atoms with Crippen molar-refractivity contribution in [1.29, 1.82) is 0 Å². The van der Waals surface area contributed by atoms with E-state index < -0.39 is 11.9 Å². The lowest BCUT2D eigenvalue weighted by atomic mass is 9.90. The smallest absolute Gasteiger partial charge is 0.425 e. The summed E-state index contributed by atoms with van der Waals surface area (Å²) >= 11 is 0. The number of hydrogen-bond donors (Lipinski definition) is 0. The third-order valence-corrected chi connectivity index (χ3v) is 6.41. The van der Waals surface area contributed by atoms with E-state index in [0.717, 1.165) is 24.8 Å². The molecule has 0 fully saturated rings. The summed E-state index contributed by atoms with van der Waals surface area (Å²) < 4.78 is 49.7. The second kappa shape index (κ2) is 10.0. The number of benzene rings is 3. The molecule has 3 aromatic rings. The van der Waals surface area contributed by atoms with E-state index in [1.54, 1.807) is 18.2 Å². The number of rotatable bonds is 9. The fourth-order valence-electron chi connectivity index (χ4n) is 4.55. The quantitative estimate of drug-likeness (QED) is 0.294. The van der Waals surface area contributed by atoms with Gasteiger partial charge in [0.15, 0.2) is 11.6 Å². The molecule has 0 amide bonds. The molecule has 0 radical (unpaired) electrons. The summed E-state index contributed by atoms with van der Waals surface area (Å²) in [5, 5.41) is 0. The summed E-state index contributed by atoms with van der Waals surface area (Å²) in [5.41, 5.74) is 3.69. The molecular formula is C29H31F3O. The highest BCUT2D eigenvalue weighted by Gasteiger charge is 2.43. The standard InChI is InChI=1S/C29H31F3O/c1-3-5-6-7-8-10-20-11-13-21(14-12-20)23-16-17-24-25-18-15-22(9-4-2)27(30)28(25)33-29(31,32)26(24)19-23/h11-19H,3-10H2,1-2H3. The third-order valence-electron chi connectivity index (χ3n) is 6.41. The van der Waals surface area contributed by atoms with Crippen LogP contribution >= 0.6 is 0 Å². The van der Waals surface area contributed by atoms with Crippen LogP contribution in [0.1, 0.15) is 69.1 Å². The first kappa shape index (κ1) is 23.4. The largest absolute Gasteiger partial charge is 0.427 e. The molecule has 4 heteroatoms. The van der Waals surface area contributed by atoms with Crippen molar-refractivity contribution in [2.75, 3.05) is 0 Å². The van der Waals surface area contributed by atoms with Crippen molar-refractivity contribution < 1.29 is 17.9 Å². The Morgan fingerprint density at radius 2 is 1.42 bits per heavy atom. The minimum absolute atomic E-state index is 0.227. The van der Waals surface area contributed by atoms with Crippen LogP contribution in [0, 0.1) is 5.82 Å². The maximum Gasteiger partial charge on any atom is 0.427 e. The van der Waals surface area contributed by atoms with Crippen LogP contribution < -0.4 is 4.74 Å². The molecule has 0 N–H and O–H groups in total. The van der Waals surface area contributed by atoms with E-state index in [4.69, 9.17) is 4.74 Å². The molecule has 0 unspecified atom stereocenters. The van der Waals surface area contributed by atoms with E-state index in [0.29, 0.717) is 28.7 Å². The first-order chi connectivity index (χ1) is 15.9. The van der Waals surface area contributed by atoms with Gasteiger partial charge in [-0.3, -0.25) is 0 Å². The van der Waals surface area contributed by atoms with Crippen molar-refractivity contribution in [2.24, 2.45) is 0 Å². The Balaban J connectivity index is 1.59. The van der Waals surface area contributed by atoms with Gasteiger partial charge in [0.2, 0.25) is 0 Å². The van der Waals surface area contributed by atoms with Crippen molar-refractivity contribution in [2.45, 2.75) is 71.3 Å². The van der Waals surface area contributed by atoms with Gasteiger partial charge in [-0.1, -0.05) is 94.5 Å². The van der Waals surface area contributed by atoms with Crippen LogP contribution in [-0.4, -0.2) is 0 Å². The normalized spacial score (nSPS) is 13.8. The molecule has 1 aliphatic heterocycles. The van der Waals surface area contributed by atoms with Gasteiger partial charge in [-0.2, -0.15) is 8.78 Å². The molecule has 1 aliphatic rings. The number of unbranched alkanes of at least 4 members (excludes halogenated alkanes) is 4. The van der Waals surface area contributed by atoms with Crippen LogP contribution in [0.25, 0.3) is 22.3 Å². The van der Waals surface area contributed by atoms with E-state index in [2.05, 4.69) is 19.1 Å². The Morgan fingerprint density at radius 3 is 2.15 bits per heavy atom. The van der Waals surface area contributed by atoms with Crippen molar-refractivity contribution in [3.8, 4) is 28.0 Å². The maximum absolute atomic E-state index is 15.0. The van der Waals surface area contributed by atoms with E-state index >= 15 is 0 Å². The predicted molar refractivity (Wildman–Crippen MR) is 128 cm³/mol. The Morgan fingerprint density at radius 1 is 0.727 bits per heavy atom. The minimum Gasteiger partial charge on any atom is -0.425 e. The van der Waals surface area contributed by atoms with Crippen LogP contribution in [0.4, 0.5) is 13.2 Å². The summed E-state index contributed by atoms with van der Waals surface area (Å²) in [6.07, 6.45) is 4.83. The highest BCUT2D eigenvalue weighted by atomic mass is 19.3. The Kier molecular flexibility index (Phi) is 7.11. The topological polar surface area (TPSA) is 9.23 Å². The van der Waals surface area contributed by atoms with Crippen molar-refractivity contribution >= 4 is 0 Å². The Bertz CT molecular complexity index is 1100. The lowest BCUT2D eigenvalue weighted by Crippen LogP contribution is -2.27. The zero-order valence-corrected chi connectivity index (χ0v) is 19.4. The van der Waals surface area contributed by atoms with Gasteiger partial charge in [-0.05, 0) is 53.1 Å². The van der Waals surface area contributed by atoms with Crippen molar-refractivity contribution in [1.82, 2.24) is 0 Å². The zero-order valence-electron chi connectivity index (χ0n) is 19.4. The van der Waals surface area contributed by atoms with Crippen molar-refractivity contribution in [3.63, 3.8) is 0 Å². The molecule has 174 valence electrons. The van der Waals surface area contributed by atoms with E-state index in [1.165, 1.54) is 37.3 Å². The minimum atomic E-state index is -3.59. The summed E-state index contributed by atoms with van der Waals surface area (Å²) in [5.74, 6) is -1.04. The fourth-order valence-corrected chi connectivity index (χ4v) is 4.55. The summed E-state index contributed by atoms with van der Waals surface area (Å²) in [7, 11) is 0. The molecule has 0 saturated carbocycles. The molecule has 3 aromatic carbocycles. The first-order valence-corrected chi connectivity index (χ1v) is 12.1. The molecule has 0 aromatic heterocycles. The average molecular weight is 453 g/mol. The van der Waals surface area contributed by atoms with Crippen LogP contribution in [-0.2, 0) is 19.0 Å². The monoisotopic (exact) mass is 452 g/mol. The molecule has 0 spiro atoms. The Labute approximate surface area is 194 Å². The molecule has 1 nitrogen and oxygen atoms in total. The maximum atomic E-state index is 15.0. The van der Waals surface area contributed by atoms with Gasteiger partial charge in [0, 0.05) is 5.56 Å². The van der Waals surface area contributed by atoms with Crippen LogP contribution in [0.15, 0.2) is 54.6 Å². The van der Waals surface area contributed by atoms with E-state index in [-0.39, 0.29) is 11.3 Å². The highest BCUT2D eigenvalue weighted by Crippen LogP contribution is 2.49. The van der Waals surface area contributed by atoms with Gasteiger partial charge in [-0.15, -0.1) is 0 Å². The molecule has 0 aliphatic carbocycles. The fraction of sp³-hybridized carbons (Fsp3) is 0.379. The van der Waals surface area contributed by atoms with Crippen LogP contribution in [0.3, 0.4) is 0 Å². The Hall–Kier alpha value is -2.75. The lowest BCUT2D eigenvalue weighted by molar-refractivity contribution is -0.188. The predicted octanol–water partition coefficient (Wildman–Crippen LogP) is 9.07. The molecule has 33 heavy (non-hydrogen) atoms. The number of alkyl halides is 2. The molecule has 1 heterocycles. The number of halogens is 3. The van der Waals surface area contributed by atoms with Gasteiger partial charge in [0.05, 0.1) is 5.56 Å². The number of fused-ring (bicyclic) bond motifs is 3. The molecule has 4 rings (SSSR count). The SMILES string of the molecule is CCCCCCCc1ccc(-c2ccc3c(c2)C(F)(F)Oc2c-3ccc(CCC)c2F)cc1. The first-order valence-electron chi connectivity index (χ1n) is 12.1. The third kappa shape index (κ3) is 4.95. The summed E-state index contributed by atoms with van der Waals surface area (Å²) in [6.45, 7) is 4.13. The van der Waals surface area contributed by atoms with Crippen LogP contribution in [0.5, 0.6) is 5.75 Å².